The van der Waals surface area contributed by atoms with E-state index < -0.39 is 6.09 Å². The number of likely N-dealkylation sites (tertiary alicyclic amines) is 1. The smallest absolute Gasteiger partial charge is 0.407 e. The molecule has 0 radical (unpaired) electrons. The number of benzene rings is 2. The minimum Gasteiger partial charge on any atom is -0.465 e. The molecular weight excluding hydrogens is 447 g/mol. The molecule has 1 atom stereocenters. The van der Waals surface area contributed by atoms with E-state index in [-0.39, 0.29) is 23.2 Å². The zero-order valence-corrected chi connectivity index (χ0v) is 19.7. The third-order valence-corrected chi connectivity index (χ3v) is 7.00. The second kappa shape index (κ2) is 8.69. The van der Waals surface area contributed by atoms with Crippen molar-refractivity contribution in [1.82, 2.24) is 20.0 Å². The third-order valence-electron chi connectivity index (χ3n) is 7.00. The predicted octanol–water partition coefficient (Wildman–Crippen LogP) is 4.63. The van der Waals surface area contributed by atoms with Crippen LogP contribution in [-0.2, 0) is 7.05 Å². The molecule has 1 spiro atoms. The van der Waals surface area contributed by atoms with Gasteiger partial charge in [-0.3, -0.25) is 9.48 Å². The topological polar surface area (TPSA) is 87.5 Å². The number of aryl methyl sites for hydroxylation is 1. The van der Waals surface area contributed by atoms with Gasteiger partial charge in [-0.1, -0.05) is 42.0 Å². The van der Waals surface area contributed by atoms with Crippen molar-refractivity contribution in [3.8, 4) is 0 Å². The number of allylic oxidation sites excluding steroid dienone is 1. The van der Waals surface area contributed by atoms with Crippen LogP contribution in [0.1, 0.15) is 52.9 Å². The molecule has 1 aliphatic carbocycles. The first-order chi connectivity index (χ1) is 16.7. The highest BCUT2D eigenvalue weighted by molar-refractivity contribution is 5.94. The molecule has 5 rings (SSSR count). The molecule has 7 nitrogen and oxygen atoms in total. The molecule has 2 amide bonds. The van der Waals surface area contributed by atoms with Crippen LogP contribution in [0.2, 0.25) is 0 Å². The molecule has 1 saturated carbocycles. The number of amides is 2. The number of aromatic nitrogens is 2. The molecular formula is C27H27FN4O3. The van der Waals surface area contributed by atoms with Crippen LogP contribution in [0.25, 0.3) is 5.57 Å². The van der Waals surface area contributed by atoms with E-state index in [1.807, 2.05) is 31.2 Å². The SMILES string of the molecule is C[C@@H](NC(=O)c1cnn(C)c1)c1ccc(C(=C2CC3(C2)CN(C(=O)O)C3)c2ccc(F)cc2)cc1. The Hall–Kier alpha value is -3.94. The Balaban J connectivity index is 1.36. The fourth-order valence-corrected chi connectivity index (χ4v) is 5.18. The molecule has 0 unspecified atom stereocenters. The lowest BCUT2D eigenvalue weighted by Gasteiger charge is -2.56. The van der Waals surface area contributed by atoms with Gasteiger partial charge < -0.3 is 15.3 Å². The lowest BCUT2D eigenvalue weighted by Crippen LogP contribution is -2.61. The molecule has 2 heterocycles. The van der Waals surface area contributed by atoms with Gasteiger partial charge in [-0.25, -0.2) is 9.18 Å². The first-order valence-corrected chi connectivity index (χ1v) is 11.6. The normalized spacial score (nSPS) is 16.9. The van der Waals surface area contributed by atoms with Crippen LogP contribution in [0.5, 0.6) is 0 Å². The predicted molar refractivity (Wildman–Crippen MR) is 129 cm³/mol. The summed E-state index contributed by atoms with van der Waals surface area (Å²) in [4.78, 5) is 25.1. The monoisotopic (exact) mass is 474 g/mol. The highest BCUT2D eigenvalue weighted by Crippen LogP contribution is 2.54. The maximum Gasteiger partial charge on any atom is 0.407 e. The molecule has 35 heavy (non-hydrogen) atoms. The van der Waals surface area contributed by atoms with Gasteiger partial charge in [0, 0.05) is 31.7 Å². The first kappa shape index (κ1) is 22.8. The van der Waals surface area contributed by atoms with E-state index in [4.69, 9.17) is 0 Å². The van der Waals surface area contributed by atoms with Crippen molar-refractivity contribution in [2.75, 3.05) is 13.1 Å². The number of rotatable bonds is 5. The van der Waals surface area contributed by atoms with Crippen LogP contribution in [0.4, 0.5) is 9.18 Å². The molecule has 1 aliphatic heterocycles. The largest absolute Gasteiger partial charge is 0.465 e. The van der Waals surface area contributed by atoms with E-state index >= 15 is 0 Å². The third kappa shape index (κ3) is 4.43. The molecule has 1 aromatic heterocycles. The molecule has 180 valence electrons. The fourth-order valence-electron chi connectivity index (χ4n) is 5.18. The molecule has 3 aromatic rings. The van der Waals surface area contributed by atoms with Crippen LogP contribution in [0.3, 0.4) is 0 Å². The quantitative estimate of drug-likeness (QED) is 0.565. The van der Waals surface area contributed by atoms with Gasteiger partial charge in [0.1, 0.15) is 5.82 Å². The number of carbonyl (C=O) groups excluding carboxylic acids is 1. The Labute approximate surface area is 202 Å². The Kier molecular flexibility index (Phi) is 5.67. The lowest BCUT2D eigenvalue weighted by molar-refractivity contribution is -0.0164. The van der Waals surface area contributed by atoms with E-state index in [0.29, 0.717) is 18.7 Å². The summed E-state index contributed by atoms with van der Waals surface area (Å²) in [5.74, 6) is -0.465. The Morgan fingerprint density at radius 2 is 1.63 bits per heavy atom. The summed E-state index contributed by atoms with van der Waals surface area (Å²) in [5.41, 5.74) is 5.80. The Bertz CT molecular complexity index is 1290. The van der Waals surface area contributed by atoms with Gasteiger partial charge >= 0.3 is 6.09 Å². The Morgan fingerprint density at radius 1 is 1.03 bits per heavy atom. The number of carboxylic acid groups (broad SMARTS) is 1. The van der Waals surface area contributed by atoms with Gasteiger partial charge in [-0.2, -0.15) is 5.10 Å². The molecule has 2 aromatic carbocycles. The summed E-state index contributed by atoms with van der Waals surface area (Å²) in [5, 5.41) is 16.2. The van der Waals surface area contributed by atoms with Crippen LogP contribution in [-0.4, -0.2) is 44.9 Å². The number of carbonyl (C=O) groups is 2. The molecule has 2 aliphatic rings. The summed E-state index contributed by atoms with van der Waals surface area (Å²) in [7, 11) is 1.77. The number of hydrogen-bond acceptors (Lipinski definition) is 3. The lowest BCUT2D eigenvalue weighted by atomic mass is 9.59. The minimum atomic E-state index is -0.868. The summed E-state index contributed by atoms with van der Waals surface area (Å²) in [6.07, 6.45) is 4.02. The molecule has 1 saturated heterocycles. The number of hydrogen-bond donors (Lipinski definition) is 2. The summed E-state index contributed by atoms with van der Waals surface area (Å²) < 4.78 is 15.2. The second-order valence-electron chi connectivity index (χ2n) is 9.70. The van der Waals surface area contributed by atoms with E-state index in [9.17, 15) is 19.1 Å². The van der Waals surface area contributed by atoms with E-state index in [0.717, 1.165) is 35.1 Å². The highest BCUT2D eigenvalue weighted by Gasteiger charge is 2.52. The van der Waals surface area contributed by atoms with Crippen LogP contribution in [0, 0.1) is 11.2 Å². The summed E-state index contributed by atoms with van der Waals surface area (Å²) in [6, 6.07) is 14.4. The van der Waals surface area contributed by atoms with Crippen molar-refractivity contribution >= 4 is 17.6 Å². The van der Waals surface area contributed by atoms with E-state index in [1.54, 1.807) is 30.1 Å². The van der Waals surface area contributed by atoms with Gasteiger partial charge in [-0.05, 0) is 54.2 Å². The first-order valence-electron chi connectivity index (χ1n) is 11.6. The summed E-state index contributed by atoms with van der Waals surface area (Å²) in [6.45, 7) is 3.06. The van der Waals surface area contributed by atoms with Gasteiger partial charge in [0.25, 0.3) is 5.91 Å². The van der Waals surface area contributed by atoms with E-state index in [2.05, 4.69) is 10.4 Å². The van der Waals surface area contributed by atoms with Crippen LogP contribution < -0.4 is 5.32 Å². The standard InChI is InChI=1S/C27H27FN4O3/c1-17(30-25(33)22-13-29-31(2)14-22)18-3-5-19(6-4-18)24(20-7-9-23(28)10-8-20)21-11-27(12-21)15-32(16-27)26(34)35/h3-10,13-14,17H,11-12,15-16H2,1-2H3,(H,30,33)(H,34,35)/t17-/m1/s1. The number of halogens is 1. The van der Waals surface area contributed by atoms with Crippen LogP contribution >= 0.6 is 0 Å². The highest BCUT2D eigenvalue weighted by atomic mass is 19.1. The van der Waals surface area contributed by atoms with Crippen molar-refractivity contribution in [3.63, 3.8) is 0 Å². The molecule has 2 N–H and O–H groups in total. The van der Waals surface area contributed by atoms with Crippen molar-refractivity contribution < 1.29 is 19.1 Å². The zero-order chi connectivity index (χ0) is 24.7. The van der Waals surface area contributed by atoms with E-state index in [1.165, 1.54) is 28.8 Å². The van der Waals surface area contributed by atoms with Crippen molar-refractivity contribution in [1.29, 1.82) is 0 Å². The average Bonchev–Trinajstić information content (AvgIpc) is 3.22. The fraction of sp³-hybridized carbons (Fsp3) is 0.296. The second-order valence-corrected chi connectivity index (χ2v) is 9.70. The average molecular weight is 475 g/mol. The van der Waals surface area contributed by atoms with Gasteiger partial charge in [0.05, 0.1) is 17.8 Å². The minimum absolute atomic E-state index is 0.0318. The number of nitrogens with zero attached hydrogens (tertiary/aromatic N) is 3. The van der Waals surface area contributed by atoms with Gasteiger partial charge in [0.2, 0.25) is 0 Å². The zero-order valence-electron chi connectivity index (χ0n) is 19.7. The van der Waals surface area contributed by atoms with Crippen molar-refractivity contribution in [2.24, 2.45) is 12.5 Å². The van der Waals surface area contributed by atoms with Crippen molar-refractivity contribution in [2.45, 2.75) is 25.8 Å². The number of nitrogens with one attached hydrogen (secondary N) is 1. The van der Waals surface area contributed by atoms with Gasteiger partial charge in [-0.15, -0.1) is 0 Å². The Morgan fingerprint density at radius 3 is 2.17 bits per heavy atom. The maximum atomic E-state index is 13.6. The van der Waals surface area contributed by atoms with Crippen LogP contribution in [0.15, 0.2) is 66.5 Å². The van der Waals surface area contributed by atoms with Gasteiger partial charge in [0.15, 0.2) is 0 Å². The molecule has 0 bridgehead atoms. The summed E-state index contributed by atoms with van der Waals surface area (Å²) >= 11 is 0. The molecule has 2 fully saturated rings. The maximum absolute atomic E-state index is 13.6. The molecule has 8 heteroatoms. The van der Waals surface area contributed by atoms with Crippen molar-refractivity contribution in [3.05, 3.63) is 94.6 Å².